The SMILES string of the molecule is Cl.Cl.O=C(CC1COCCN1)NCc1ccc(NC(=O)c2ccncc2)cc1. The van der Waals surface area contributed by atoms with Gasteiger partial charge in [-0.1, -0.05) is 12.1 Å². The molecule has 2 heterocycles. The van der Waals surface area contributed by atoms with Crippen LogP contribution < -0.4 is 16.0 Å². The van der Waals surface area contributed by atoms with Crippen molar-refractivity contribution in [1.29, 1.82) is 0 Å². The van der Waals surface area contributed by atoms with Crippen molar-refractivity contribution >= 4 is 42.3 Å². The second-order valence-corrected chi connectivity index (χ2v) is 6.09. The van der Waals surface area contributed by atoms with Gasteiger partial charge >= 0.3 is 0 Å². The predicted molar refractivity (Wildman–Crippen MR) is 112 cm³/mol. The summed E-state index contributed by atoms with van der Waals surface area (Å²) >= 11 is 0. The number of nitrogens with one attached hydrogen (secondary N) is 3. The summed E-state index contributed by atoms with van der Waals surface area (Å²) in [4.78, 5) is 28.0. The topological polar surface area (TPSA) is 92.4 Å². The van der Waals surface area contributed by atoms with Gasteiger partial charge in [0.05, 0.1) is 13.2 Å². The fourth-order valence-electron chi connectivity index (χ4n) is 2.66. The van der Waals surface area contributed by atoms with Crippen LogP contribution in [0.15, 0.2) is 48.8 Å². The van der Waals surface area contributed by atoms with Crippen LogP contribution in [-0.4, -0.2) is 42.6 Å². The molecule has 1 unspecified atom stereocenters. The molecular weight excluding hydrogens is 403 g/mol. The van der Waals surface area contributed by atoms with Crippen molar-refractivity contribution in [3.63, 3.8) is 0 Å². The van der Waals surface area contributed by atoms with Crippen LogP contribution in [0.3, 0.4) is 0 Å². The van der Waals surface area contributed by atoms with Crippen molar-refractivity contribution in [1.82, 2.24) is 15.6 Å². The van der Waals surface area contributed by atoms with E-state index in [2.05, 4.69) is 20.9 Å². The number of benzene rings is 1. The van der Waals surface area contributed by atoms with E-state index in [-0.39, 0.29) is 42.7 Å². The number of nitrogens with zero attached hydrogens (tertiary/aromatic N) is 1. The van der Waals surface area contributed by atoms with Crippen LogP contribution in [0.1, 0.15) is 22.3 Å². The van der Waals surface area contributed by atoms with Crippen molar-refractivity contribution < 1.29 is 14.3 Å². The number of aromatic nitrogens is 1. The largest absolute Gasteiger partial charge is 0.378 e. The van der Waals surface area contributed by atoms with Gasteiger partial charge in [0, 0.05) is 49.2 Å². The Bertz CT molecular complexity index is 739. The fourth-order valence-corrected chi connectivity index (χ4v) is 2.66. The van der Waals surface area contributed by atoms with E-state index in [0.29, 0.717) is 37.4 Å². The lowest BCUT2D eigenvalue weighted by Gasteiger charge is -2.23. The Morgan fingerprint density at radius 1 is 1.11 bits per heavy atom. The van der Waals surface area contributed by atoms with E-state index in [1.807, 2.05) is 24.3 Å². The molecule has 2 amide bonds. The van der Waals surface area contributed by atoms with E-state index in [1.165, 1.54) is 0 Å². The van der Waals surface area contributed by atoms with Gasteiger partial charge in [0.15, 0.2) is 0 Å². The number of carbonyl (C=O) groups is 2. The number of amides is 2. The first-order valence-electron chi connectivity index (χ1n) is 8.59. The lowest BCUT2D eigenvalue weighted by atomic mass is 10.1. The summed E-state index contributed by atoms with van der Waals surface area (Å²) < 4.78 is 5.34. The number of anilines is 1. The van der Waals surface area contributed by atoms with E-state index in [9.17, 15) is 9.59 Å². The lowest BCUT2D eigenvalue weighted by Crippen LogP contribution is -2.44. The molecule has 1 atom stereocenters. The molecule has 152 valence electrons. The van der Waals surface area contributed by atoms with Crippen molar-refractivity contribution in [2.45, 2.75) is 19.0 Å². The number of morpholine rings is 1. The Hall–Kier alpha value is -2.19. The van der Waals surface area contributed by atoms with Gasteiger partial charge < -0.3 is 20.7 Å². The van der Waals surface area contributed by atoms with Gasteiger partial charge in [0.1, 0.15) is 0 Å². The second kappa shape index (κ2) is 12.3. The fraction of sp³-hybridized carbons (Fsp3) is 0.316. The first-order chi connectivity index (χ1) is 12.7. The molecule has 0 radical (unpaired) electrons. The van der Waals surface area contributed by atoms with E-state index < -0.39 is 0 Å². The summed E-state index contributed by atoms with van der Waals surface area (Å²) in [6.45, 7) is 2.50. The maximum atomic E-state index is 12.1. The second-order valence-electron chi connectivity index (χ2n) is 6.09. The minimum absolute atomic E-state index is 0. The van der Waals surface area contributed by atoms with Gasteiger partial charge in [0.2, 0.25) is 5.91 Å². The molecule has 1 aliphatic heterocycles. The average Bonchev–Trinajstić information content (AvgIpc) is 2.69. The summed E-state index contributed by atoms with van der Waals surface area (Å²) in [6, 6.07) is 10.8. The number of halogens is 2. The van der Waals surface area contributed by atoms with Crippen LogP contribution >= 0.6 is 24.8 Å². The highest BCUT2D eigenvalue weighted by Gasteiger charge is 2.16. The Morgan fingerprint density at radius 2 is 1.82 bits per heavy atom. The first-order valence-corrected chi connectivity index (χ1v) is 8.59. The molecule has 9 heteroatoms. The predicted octanol–water partition coefficient (Wildman–Crippen LogP) is 2.17. The van der Waals surface area contributed by atoms with Gasteiger partial charge in [-0.2, -0.15) is 0 Å². The zero-order valence-corrected chi connectivity index (χ0v) is 16.9. The maximum Gasteiger partial charge on any atom is 0.255 e. The lowest BCUT2D eigenvalue weighted by molar-refractivity contribution is -0.122. The molecule has 7 nitrogen and oxygen atoms in total. The molecular formula is C19H24Cl2N4O3. The Morgan fingerprint density at radius 3 is 2.46 bits per heavy atom. The molecule has 2 aromatic rings. The average molecular weight is 427 g/mol. The van der Waals surface area contributed by atoms with Gasteiger partial charge in [0.25, 0.3) is 5.91 Å². The van der Waals surface area contributed by atoms with Crippen molar-refractivity contribution in [3.05, 3.63) is 59.9 Å². The standard InChI is InChI=1S/C19H22N4O3.2ClH/c24-18(11-17-13-26-10-9-21-17)22-12-14-1-3-16(4-2-14)23-19(25)15-5-7-20-8-6-15;;/h1-8,17,21H,9-13H2,(H,22,24)(H,23,25);2*1H. The van der Waals surface area contributed by atoms with Crippen molar-refractivity contribution in [2.75, 3.05) is 25.1 Å². The molecule has 3 rings (SSSR count). The monoisotopic (exact) mass is 426 g/mol. The molecule has 3 N–H and O–H groups in total. The molecule has 0 saturated carbocycles. The zero-order valence-electron chi connectivity index (χ0n) is 15.2. The summed E-state index contributed by atoms with van der Waals surface area (Å²) in [7, 11) is 0. The molecule has 0 bridgehead atoms. The number of carbonyl (C=O) groups excluding carboxylic acids is 2. The van der Waals surface area contributed by atoms with Crippen molar-refractivity contribution in [2.24, 2.45) is 0 Å². The highest BCUT2D eigenvalue weighted by atomic mass is 35.5. The quantitative estimate of drug-likeness (QED) is 0.657. The Labute approximate surface area is 176 Å². The Balaban J connectivity index is 0.00000196. The molecule has 1 saturated heterocycles. The van der Waals surface area contributed by atoms with Gasteiger partial charge in [-0.15, -0.1) is 24.8 Å². The molecule has 1 aromatic heterocycles. The molecule has 1 aliphatic rings. The van der Waals surface area contributed by atoms with Crippen LogP contribution in [0.25, 0.3) is 0 Å². The smallest absolute Gasteiger partial charge is 0.255 e. The third kappa shape index (κ3) is 7.44. The third-order valence-corrected chi connectivity index (χ3v) is 4.07. The minimum Gasteiger partial charge on any atom is -0.378 e. The zero-order chi connectivity index (χ0) is 18.2. The Kier molecular flexibility index (Phi) is 10.5. The van der Waals surface area contributed by atoms with Gasteiger partial charge in [-0.25, -0.2) is 0 Å². The van der Waals surface area contributed by atoms with E-state index in [4.69, 9.17) is 4.74 Å². The number of rotatable bonds is 6. The summed E-state index contributed by atoms with van der Waals surface area (Å²) in [5, 5.41) is 8.99. The van der Waals surface area contributed by atoms with Crippen LogP contribution in [0.5, 0.6) is 0 Å². The van der Waals surface area contributed by atoms with Crippen LogP contribution in [0, 0.1) is 0 Å². The van der Waals surface area contributed by atoms with Gasteiger partial charge in [-0.3, -0.25) is 14.6 Å². The van der Waals surface area contributed by atoms with Crippen LogP contribution in [0.4, 0.5) is 5.69 Å². The van der Waals surface area contributed by atoms with E-state index >= 15 is 0 Å². The van der Waals surface area contributed by atoms with Gasteiger partial charge in [-0.05, 0) is 29.8 Å². The van der Waals surface area contributed by atoms with Crippen LogP contribution in [0.2, 0.25) is 0 Å². The highest BCUT2D eigenvalue weighted by Crippen LogP contribution is 2.11. The van der Waals surface area contributed by atoms with E-state index in [0.717, 1.165) is 12.1 Å². The number of ether oxygens (including phenoxy) is 1. The summed E-state index contributed by atoms with van der Waals surface area (Å²) in [6.07, 6.45) is 3.56. The number of hydrogen-bond donors (Lipinski definition) is 3. The normalized spacial score (nSPS) is 15.5. The highest BCUT2D eigenvalue weighted by molar-refractivity contribution is 6.04. The van der Waals surface area contributed by atoms with Crippen molar-refractivity contribution in [3.8, 4) is 0 Å². The first kappa shape index (κ1) is 23.8. The summed E-state index contributed by atoms with van der Waals surface area (Å²) in [5.74, 6) is -0.196. The minimum atomic E-state index is -0.185. The molecule has 0 spiro atoms. The molecule has 0 aliphatic carbocycles. The maximum absolute atomic E-state index is 12.1. The van der Waals surface area contributed by atoms with E-state index in [1.54, 1.807) is 24.5 Å². The number of pyridine rings is 1. The van der Waals surface area contributed by atoms with Crippen LogP contribution in [-0.2, 0) is 16.1 Å². The summed E-state index contributed by atoms with van der Waals surface area (Å²) in [5.41, 5.74) is 2.22. The third-order valence-electron chi connectivity index (χ3n) is 4.07. The molecule has 1 fully saturated rings. The number of hydrogen-bond acceptors (Lipinski definition) is 5. The molecule has 28 heavy (non-hydrogen) atoms. The molecule has 1 aromatic carbocycles.